The first-order valence-corrected chi connectivity index (χ1v) is 6.00. The maximum atomic E-state index is 13.4. The van der Waals surface area contributed by atoms with E-state index in [2.05, 4.69) is 4.90 Å². The summed E-state index contributed by atoms with van der Waals surface area (Å²) in [6.07, 6.45) is 1.24. The zero-order valence-corrected chi connectivity index (χ0v) is 10.0. The van der Waals surface area contributed by atoms with Crippen LogP contribution in [0.3, 0.4) is 0 Å². The molecule has 0 aromatic heterocycles. The van der Waals surface area contributed by atoms with Crippen molar-refractivity contribution in [3.63, 3.8) is 0 Å². The molecule has 0 saturated carbocycles. The predicted octanol–water partition coefficient (Wildman–Crippen LogP) is 0.276. The van der Waals surface area contributed by atoms with Crippen LogP contribution in [0.2, 0.25) is 0 Å². The Morgan fingerprint density at radius 3 is 2.47 bits per heavy atom. The van der Waals surface area contributed by atoms with Gasteiger partial charge in [0.1, 0.15) is 0 Å². The van der Waals surface area contributed by atoms with Gasteiger partial charge in [-0.1, -0.05) is 0 Å². The smallest absolute Gasteiger partial charge is 0.262 e. The topological polar surface area (TPSA) is 49.6 Å². The van der Waals surface area contributed by atoms with E-state index in [1.165, 1.54) is 0 Å². The Bertz CT molecular complexity index is 303. The molecule has 17 heavy (non-hydrogen) atoms. The Morgan fingerprint density at radius 2 is 1.94 bits per heavy atom. The molecular weight excluding hydrogens is 228 g/mol. The first-order valence-electron chi connectivity index (χ1n) is 6.00. The summed E-state index contributed by atoms with van der Waals surface area (Å²) >= 11 is 0. The molecule has 2 aliphatic heterocycles. The van der Waals surface area contributed by atoms with E-state index in [4.69, 9.17) is 5.73 Å². The second-order valence-electron chi connectivity index (χ2n) is 5.19. The summed E-state index contributed by atoms with van der Waals surface area (Å²) in [6, 6.07) is -0.726. The van der Waals surface area contributed by atoms with Gasteiger partial charge < -0.3 is 10.6 Å². The van der Waals surface area contributed by atoms with Gasteiger partial charge in [0, 0.05) is 12.5 Å². The molecule has 2 fully saturated rings. The Kier molecular flexibility index (Phi) is 3.36. The van der Waals surface area contributed by atoms with Crippen LogP contribution >= 0.6 is 0 Å². The summed E-state index contributed by atoms with van der Waals surface area (Å²) in [7, 11) is 2.01. The van der Waals surface area contributed by atoms with Crippen LogP contribution in [0.4, 0.5) is 8.78 Å². The molecule has 1 amide bonds. The number of hydrogen-bond donors (Lipinski definition) is 1. The number of piperidine rings is 1. The van der Waals surface area contributed by atoms with Crippen LogP contribution < -0.4 is 5.73 Å². The minimum absolute atomic E-state index is 0.0667. The number of alkyl halides is 2. The summed E-state index contributed by atoms with van der Waals surface area (Å²) < 4.78 is 26.8. The standard InChI is InChI=1S/C11H19F2N3O/c1-15-4-2-8(3-5-15)16-7-11(12,13)6-9(16)10(14)17/h8-9H,2-7H2,1H3,(H2,14,17)/t9-/m1/s1. The molecule has 2 rings (SSSR count). The van der Waals surface area contributed by atoms with Crippen molar-refractivity contribution in [2.45, 2.75) is 37.3 Å². The Balaban J connectivity index is 2.05. The number of halogens is 2. The molecule has 0 aliphatic carbocycles. The molecule has 2 heterocycles. The lowest BCUT2D eigenvalue weighted by Crippen LogP contribution is -2.50. The van der Waals surface area contributed by atoms with Gasteiger partial charge in [-0.3, -0.25) is 9.69 Å². The van der Waals surface area contributed by atoms with E-state index in [9.17, 15) is 13.6 Å². The number of primary amides is 1. The number of carbonyl (C=O) groups is 1. The van der Waals surface area contributed by atoms with E-state index in [1.807, 2.05) is 7.05 Å². The Labute approximate surface area is 99.7 Å². The van der Waals surface area contributed by atoms with Crippen LogP contribution in [0.5, 0.6) is 0 Å². The summed E-state index contributed by atoms with van der Waals surface area (Å²) in [6.45, 7) is 1.45. The van der Waals surface area contributed by atoms with Crippen molar-refractivity contribution in [1.82, 2.24) is 9.80 Å². The van der Waals surface area contributed by atoms with Gasteiger partial charge in [0.05, 0.1) is 12.6 Å². The summed E-state index contributed by atoms with van der Waals surface area (Å²) in [5.74, 6) is -3.40. The van der Waals surface area contributed by atoms with Gasteiger partial charge in [-0.25, -0.2) is 8.78 Å². The number of rotatable bonds is 2. The van der Waals surface area contributed by atoms with Crippen molar-refractivity contribution in [2.75, 3.05) is 26.7 Å². The van der Waals surface area contributed by atoms with Gasteiger partial charge in [-0.15, -0.1) is 0 Å². The van der Waals surface area contributed by atoms with E-state index in [1.54, 1.807) is 4.90 Å². The molecule has 98 valence electrons. The van der Waals surface area contributed by atoms with E-state index in [0.717, 1.165) is 25.9 Å². The Hall–Kier alpha value is -0.750. The molecule has 0 spiro atoms. The summed E-state index contributed by atoms with van der Waals surface area (Å²) in [5, 5.41) is 0. The van der Waals surface area contributed by atoms with E-state index in [-0.39, 0.29) is 12.6 Å². The molecule has 0 aromatic carbocycles. The fourth-order valence-corrected chi connectivity index (χ4v) is 2.82. The molecule has 1 atom stereocenters. The zero-order valence-electron chi connectivity index (χ0n) is 10.0. The normalized spacial score (nSPS) is 31.8. The third kappa shape index (κ3) is 2.74. The fraction of sp³-hybridized carbons (Fsp3) is 0.909. The van der Waals surface area contributed by atoms with Crippen molar-refractivity contribution < 1.29 is 13.6 Å². The number of hydrogen-bond acceptors (Lipinski definition) is 3. The molecule has 0 radical (unpaired) electrons. The molecule has 0 bridgehead atoms. The number of likely N-dealkylation sites (tertiary alicyclic amines) is 2. The monoisotopic (exact) mass is 247 g/mol. The highest BCUT2D eigenvalue weighted by Crippen LogP contribution is 2.35. The predicted molar refractivity (Wildman–Crippen MR) is 59.8 cm³/mol. The largest absolute Gasteiger partial charge is 0.368 e. The average molecular weight is 247 g/mol. The lowest BCUT2D eigenvalue weighted by Gasteiger charge is -2.37. The lowest BCUT2D eigenvalue weighted by molar-refractivity contribution is -0.123. The van der Waals surface area contributed by atoms with Crippen molar-refractivity contribution in [3.8, 4) is 0 Å². The molecule has 4 nitrogen and oxygen atoms in total. The molecule has 0 unspecified atom stereocenters. The van der Waals surface area contributed by atoms with Crippen LogP contribution in [0.1, 0.15) is 19.3 Å². The van der Waals surface area contributed by atoms with Gasteiger partial charge in [0.25, 0.3) is 5.92 Å². The van der Waals surface area contributed by atoms with Crippen LogP contribution in [0.25, 0.3) is 0 Å². The van der Waals surface area contributed by atoms with E-state index in [0.29, 0.717) is 0 Å². The van der Waals surface area contributed by atoms with Crippen molar-refractivity contribution in [3.05, 3.63) is 0 Å². The maximum Gasteiger partial charge on any atom is 0.262 e. The quantitative estimate of drug-likeness (QED) is 0.762. The van der Waals surface area contributed by atoms with Crippen molar-refractivity contribution >= 4 is 5.91 Å². The third-order valence-corrected chi connectivity index (χ3v) is 3.79. The molecule has 2 saturated heterocycles. The highest BCUT2D eigenvalue weighted by Gasteiger charge is 2.49. The fourth-order valence-electron chi connectivity index (χ4n) is 2.82. The lowest BCUT2D eigenvalue weighted by atomic mass is 10.0. The Morgan fingerprint density at radius 1 is 1.35 bits per heavy atom. The molecule has 6 heteroatoms. The second kappa shape index (κ2) is 4.49. The number of nitrogens with zero attached hydrogens (tertiary/aromatic N) is 2. The van der Waals surface area contributed by atoms with Gasteiger partial charge in [-0.2, -0.15) is 0 Å². The van der Waals surface area contributed by atoms with Crippen LogP contribution in [0.15, 0.2) is 0 Å². The summed E-state index contributed by atoms with van der Waals surface area (Å²) in [5.41, 5.74) is 5.22. The molecule has 0 aromatic rings. The average Bonchev–Trinajstić information content (AvgIpc) is 2.56. The van der Waals surface area contributed by atoms with Gasteiger partial charge >= 0.3 is 0 Å². The first-order chi connectivity index (χ1) is 7.89. The van der Waals surface area contributed by atoms with Gasteiger partial charge in [0.15, 0.2) is 0 Å². The van der Waals surface area contributed by atoms with Crippen LogP contribution in [0, 0.1) is 0 Å². The van der Waals surface area contributed by atoms with Gasteiger partial charge in [-0.05, 0) is 33.0 Å². The second-order valence-corrected chi connectivity index (χ2v) is 5.19. The van der Waals surface area contributed by atoms with Crippen molar-refractivity contribution in [2.24, 2.45) is 5.73 Å². The molecule has 2 N–H and O–H groups in total. The van der Waals surface area contributed by atoms with Crippen LogP contribution in [-0.4, -0.2) is 60.4 Å². The number of amides is 1. The SMILES string of the molecule is CN1CCC(N2CC(F)(F)C[C@@H]2C(N)=O)CC1. The molecule has 2 aliphatic rings. The number of nitrogens with two attached hydrogens (primary N) is 1. The molecular formula is C11H19F2N3O. The van der Waals surface area contributed by atoms with Crippen LogP contribution in [-0.2, 0) is 4.79 Å². The van der Waals surface area contributed by atoms with Crippen molar-refractivity contribution in [1.29, 1.82) is 0 Å². The highest BCUT2D eigenvalue weighted by atomic mass is 19.3. The summed E-state index contributed by atoms with van der Waals surface area (Å²) in [4.78, 5) is 15.0. The first kappa shape index (κ1) is 12.7. The van der Waals surface area contributed by atoms with E-state index < -0.39 is 24.3 Å². The van der Waals surface area contributed by atoms with E-state index >= 15 is 0 Å². The number of carbonyl (C=O) groups excluding carboxylic acids is 1. The minimum atomic E-state index is -2.77. The minimum Gasteiger partial charge on any atom is -0.368 e. The zero-order chi connectivity index (χ0) is 12.6. The maximum absolute atomic E-state index is 13.4. The van der Waals surface area contributed by atoms with Gasteiger partial charge in [0.2, 0.25) is 5.91 Å². The third-order valence-electron chi connectivity index (χ3n) is 3.79. The highest BCUT2D eigenvalue weighted by molar-refractivity contribution is 5.80.